The van der Waals surface area contributed by atoms with Gasteiger partial charge in [0.2, 0.25) is 0 Å². The van der Waals surface area contributed by atoms with E-state index in [-0.39, 0.29) is 0 Å². The standard InChI is InChI=1S/C22H42O2/c1-3-4-5-19-6-8-20(9-7-19)10-11-21-12-14-22(15-13-21)18-24-17-16-23-2/h19-22H,3-18H2,1-2H3/t19-,20-,21-,22-. The zero-order valence-electron chi connectivity index (χ0n) is 16.4. The van der Waals surface area contributed by atoms with Gasteiger partial charge in [-0.05, 0) is 36.5 Å². The third kappa shape index (κ3) is 7.87. The van der Waals surface area contributed by atoms with E-state index >= 15 is 0 Å². The minimum atomic E-state index is 0.732. The van der Waals surface area contributed by atoms with Gasteiger partial charge in [0.1, 0.15) is 0 Å². The molecule has 0 radical (unpaired) electrons. The molecule has 2 saturated carbocycles. The van der Waals surface area contributed by atoms with Gasteiger partial charge in [-0.3, -0.25) is 0 Å². The van der Waals surface area contributed by atoms with Crippen molar-refractivity contribution in [3.63, 3.8) is 0 Å². The minimum absolute atomic E-state index is 0.732. The van der Waals surface area contributed by atoms with Crippen molar-refractivity contribution in [2.75, 3.05) is 26.9 Å². The van der Waals surface area contributed by atoms with Gasteiger partial charge in [-0.15, -0.1) is 0 Å². The second-order valence-electron chi connectivity index (χ2n) is 8.56. The van der Waals surface area contributed by atoms with Crippen molar-refractivity contribution in [1.82, 2.24) is 0 Å². The molecule has 2 aliphatic carbocycles. The highest BCUT2D eigenvalue weighted by molar-refractivity contribution is 4.76. The molecular weight excluding hydrogens is 296 g/mol. The fourth-order valence-corrected chi connectivity index (χ4v) is 4.85. The van der Waals surface area contributed by atoms with Gasteiger partial charge in [0.25, 0.3) is 0 Å². The predicted octanol–water partition coefficient (Wildman–Crippen LogP) is 6.23. The van der Waals surface area contributed by atoms with Gasteiger partial charge < -0.3 is 9.47 Å². The molecule has 0 heterocycles. The third-order valence-electron chi connectivity index (χ3n) is 6.67. The van der Waals surface area contributed by atoms with Gasteiger partial charge in [-0.25, -0.2) is 0 Å². The van der Waals surface area contributed by atoms with E-state index in [1.165, 1.54) is 83.5 Å². The van der Waals surface area contributed by atoms with Gasteiger partial charge in [-0.1, -0.05) is 77.6 Å². The summed E-state index contributed by atoms with van der Waals surface area (Å²) in [5.74, 6) is 3.94. The van der Waals surface area contributed by atoms with Crippen molar-refractivity contribution in [3.8, 4) is 0 Å². The van der Waals surface area contributed by atoms with E-state index in [1.54, 1.807) is 7.11 Å². The van der Waals surface area contributed by atoms with Crippen LogP contribution in [-0.4, -0.2) is 26.9 Å². The molecule has 0 aromatic carbocycles. The normalized spacial score (nSPS) is 31.2. The molecule has 0 atom stereocenters. The fraction of sp³-hybridized carbons (Fsp3) is 1.00. The van der Waals surface area contributed by atoms with Crippen molar-refractivity contribution < 1.29 is 9.47 Å². The first-order valence-electron chi connectivity index (χ1n) is 10.9. The Morgan fingerprint density at radius 3 is 1.67 bits per heavy atom. The van der Waals surface area contributed by atoms with E-state index in [4.69, 9.17) is 9.47 Å². The first kappa shape index (κ1) is 20.2. The van der Waals surface area contributed by atoms with E-state index in [2.05, 4.69) is 6.92 Å². The molecule has 0 aliphatic heterocycles. The highest BCUT2D eigenvalue weighted by atomic mass is 16.5. The molecule has 142 valence electrons. The summed E-state index contributed by atoms with van der Waals surface area (Å²) in [6.45, 7) is 4.78. The van der Waals surface area contributed by atoms with Crippen LogP contribution in [0.2, 0.25) is 0 Å². The Morgan fingerprint density at radius 2 is 1.17 bits per heavy atom. The third-order valence-corrected chi connectivity index (χ3v) is 6.67. The maximum absolute atomic E-state index is 5.72. The van der Waals surface area contributed by atoms with Crippen LogP contribution in [0.5, 0.6) is 0 Å². The molecule has 0 unspecified atom stereocenters. The molecule has 0 saturated heterocycles. The molecule has 2 fully saturated rings. The van der Waals surface area contributed by atoms with Crippen LogP contribution in [0.15, 0.2) is 0 Å². The Balaban J connectivity index is 1.49. The molecule has 2 rings (SSSR count). The number of hydrogen-bond donors (Lipinski definition) is 0. The topological polar surface area (TPSA) is 18.5 Å². The first-order chi connectivity index (χ1) is 11.8. The molecule has 0 N–H and O–H groups in total. The zero-order valence-corrected chi connectivity index (χ0v) is 16.4. The van der Waals surface area contributed by atoms with Crippen molar-refractivity contribution in [2.45, 2.75) is 90.4 Å². The predicted molar refractivity (Wildman–Crippen MR) is 102 cm³/mol. The number of methoxy groups -OCH3 is 1. The van der Waals surface area contributed by atoms with E-state index in [1.807, 2.05) is 0 Å². The molecule has 0 aromatic heterocycles. The lowest BCUT2D eigenvalue weighted by Crippen LogP contribution is -2.21. The van der Waals surface area contributed by atoms with Crippen molar-refractivity contribution in [1.29, 1.82) is 0 Å². The van der Waals surface area contributed by atoms with Crippen molar-refractivity contribution >= 4 is 0 Å². The van der Waals surface area contributed by atoms with E-state index in [0.29, 0.717) is 0 Å². The van der Waals surface area contributed by atoms with Gasteiger partial charge in [0.15, 0.2) is 0 Å². The first-order valence-corrected chi connectivity index (χ1v) is 10.9. The Labute approximate surface area is 151 Å². The van der Waals surface area contributed by atoms with E-state index in [9.17, 15) is 0 Å². The van der Waals surface area contributed by atoms with E-state index in [0.717, 1.165) is 43.5 Å². The Bertz CT molecular complexity index is 288. The lowest BCUT2D eigenvalue weighted by atomic mass is 9.75. The maximum atomic E-state index is 5.72. The smallest absolute Gasteiger partial charge is 0.0700 e. The molecule has 2 nitrogen and oxygen atoms in total. The van der Waals surface area contributed by atoms with Crippen LogP contribution in [0.1, 0.15) is 90.4 Å². The van der Waals surface area contributed by atoms with Crippen molar-refractivity contribution in [3.05, 3.63) is 0 Å². The molecule has 24 heavy (non-hydrogen) atoms. The Kier molecular flexibility index (Phi) is 10.4. The molecular formula is C22H42O2. The van der Waals surface area contributed by atoms with Gasteiger partial charge in [-0.2, -0.15) is 0 Å². The van der Waals surface area contributed by atoms with E-state index < -0.39 is 0 Å². The van der Waals surface area contributed by atoms with Crippen LogP contribution in [0.25, 0.3) is 0 Å². The summed E-state index contributed by atoms with van der Waals surface area (Å²) < 4.78 is 10.8. The Morgan fingerprint density at radius 1 is 0.667 bits per heavy atom. The summed E-state index contributed by atoms with van der Waals surface area (Å²) in [6.07, 6.45) is 19.1. The van der Waals surface area contributed by atoms with Crippen LogP contribution in [0.3, 0.4) is 0 Å². The summed E-state index contributed by atoms with van der Waals surface area (Å²) in [5, 5.41) is 0. The average molecular weight is 339 g/mol. The van der Waals surface area contributed by atoms with Crippen LogP contribution < -0.4 is 0 Å². The zero-order chi connectivity index (χ0) is 17.0. The van der Waals surface area contributed by atoms with Gasteiger partial charge >= 0.3 is 0 Å². The highest BCUT2D eigenvalue weighted by Gasteiger charge is 2.24. The van der Waals surface area contributed by atoms with Gasteiger partial charge in [0.05, 0.1) is 13.2 Å². The lowest BCUT2D eigenvalue weighted by Gasteiger charge is -2.32. The quantitative estimate of drug-likeness (QED) is 0.416. The molecule has 0 bridgehead atoms. The fourth-order valence-electron chi connectivity index (χ4n) is 4.85. The largest absolute Gasteiger partial charge is 0.382 e. The summed E-state index contributed by atoms with van der Waals surface area (Å²) in [5.41, 5.74) is 0. The summed E-state index contributed by atoms with van der Waals surface area (Å²) >= 11 is 0. The maximum Gasteiger partial charge on any atom is 0.0700 e. The highest BCUT2D eigenvalue weighted by Crippen LogP contribution is 2.37. The number of unbranched alkanes of at least 4 members (excludes halogenated alkanes) is 1. The lowest BCUT2D eigenvalue weighted by molar-refractivity contribution is 0.0391. The van der Waals surface area contributed by atoms with Crippen LogP contribution in [-0.2, 0) is 9.47 Å². The van der Waals surface area contributed by atoms with Crippen LogP contribution in [0, 0.1) is 23.7 Å². The molecule has 0 aromatic rings. The summed E-state index contributed by atoms with van der Waals surface area (Å²) in [6, 6.07) is 0. The summed E-state index contributed by atoms with van der Waals surface area (Å²) in [7, 11) is 1.74. The second kappa shape index (κ2) is 12.3. The van der Waals surface area contributed by atoms with Crippen molar-refractivity contribution in [2.24, 2.45) is 23.7 Å². The molecule has 0 spiro atoms. The molecule has 2 aliphatic rings. The number of ether oxygens (including phenoxy) is 2. The SMILES string of the molecule is CCCC[C@H]1CC[C@H](CC[C@H]2CC[C@H](COCCOC)CC2)CC1. The Hall–Kier alpha value is -0.0800. The number of rotatable bonds is 11. The minimum Gasteiger partial charge on any atom is -0.382 e. The molecule has 0 amide bonds. The molecule has 2 heteroatoms. The summed E-state index contributed by atoms with van der Waals surface area (Å²) in [4.78, 5) is 0. The van der Waals surface area contributed by atoms with Crippen LogP contribution in [0.4, 0.5) is 0 Å². The average Bonchev–Trinajstić information content (AvgIpc) is 2.64. The van der Waals surface area contributed by atoms with Crippen LogP contribution >= 0.6 is 0 Å². The number of hydrogen-bond acceptors (Lipinski definition) is 2. The second-order valence-corrected chi connectivity index (χ2v) is 8.56. The van der Waals surface area contributed by atoms with Gasteiger partial charge in [0, 0.05) is 13.7 Å². The monoisotopic (exact) mass is 338 g/mol.